The number of benzene rings is 1. The molecule has 0 saturated carbocycles. The van der Waals surface area contributed by atoms with Crippen molar-refractivity contribution in [2.75, 3.05) is 37.4 Å². The van der Waals surface area contributed by atoms with E-state index in [1.807, 2.05) is 29.2 Å². The standard InChI is InChI=1S/C13H20N2O3/c1-18-10-4-8-15(9-7-13(16)17)12-6-3-2-5-11(12)14/h2-3,5-6H,4,7-10,14H2,1H3,(H,16,17). The minimum Gasteiger partial charge on any atom is -0.481 e. The van der Waals surface area contributed by atoms with Gasteiger partial charge in [-0.15, -0.1) is 0 Å². The van der Waals surface area contributed by atoms with E-state index in [2.05, 4.69) is 0 Å². The Kier molecular flexibility index (Phi) is 6.00. The summed E-state index contributed by atoms with van der Waals surface area (Å²) in [6.45, 7) is 1.83. The summed E-state index contributed by atoms with van der Waals surface area (Å²) in [5.41, 5.74) is 7.46. The Balaban J connectivity index is 2.69. The highest BCUT2D eigenvalue weighted by atomic mass is 16.5. The van der Waals surface area contributed by atoms with E-state index in [1.54, 1.807) is 7.11 Å². The number of aliphatic carboxylic acids is 1. The van der Waals surface area contributed by atoms with Gasteiger partial charge in [-0.3, -0.25) is 4.79 Å². The van der Waals surface area contributed by atoms with Crippen LogP contribution in [0.25, 0.3) is 0 Å². The number of carbonyl (C=O) groups is 1. The summed E-state index contributed by atoms with van der Waals surface area (Å²) in [6.07, 6.45) is 0.936. The van der Waals surface area contributed by atoms with Crippen LogP contribution in [0.1, 0.15) is 12.8 Å². The molecule has 5 heteroatoms. The predicted molar refractivity (Wildman–Crippen MR) is 71.8 cm³/mol. The molecule has 0 aromatic heterocycles. The summed E-state index contributed by atoms with van der Waals surface area (Å²) in [6, 6.07) is 7.49. The Morgan fingerprint density at radius 3 is 2.72 bits per heavy atom. The van der Waals surface area contributed by atoms with E-state index < -0.39 is 5.97 Å². The molecule has 5 nitrogen and oxygen atoms in total. The van der Waals surface area contributed by atoms with Gasteiger partial charge >= 0.3 is 5.97 Å². The molecule has 0 heterocycles. The fraction of sp³-hybridized carbons (Fsp3) is 0.462. The molecule has 0 unspecified atom stereocenters. The van der Waals surface area contributed by atoms with Gasteiger partial charge in [0.2, 0.25) is 0 Å². The predicted octanol–water partition coefficient (Wildman–Crippen LogP) is 1.59. The Morgan fingerprint density at radius 1 is 1.39 bits per heavy atom. The number of methoxy groups -OCH3 is 1. The molecule has 0 aliphatic heterocycles. The molecule has 18 heavy (non-hydrogen) atoms. The van der Waals surface area contributed by atoms with E-state index in [0.29, 0.717) is 18.8 Å². The van der Waals surface area contributed by atoms with Crippen LogP contribution in [-0.2, 0) is 9.53 Å². The summed E-state index contributed by atoms with van der Waals surface area (Å²) >= 11 is 0. The second-order valence-corrected chi connectivity index (χ2v) is 4.04. The number of anilines is 2. The lowest BCUT2D eigenvalue weighted by Gasteiger charge is -2.25. The molecule has 100 valence electrons. The molecule has 0 spiro atoms. The van der Waals surface area contributed by atoms with Gasteiger partial charge in [-0.1, -0.05) is 12.1 Å². The van der Waals surface area contributed by atoms with Crippen LogP contribution in [0, 0.1) is 0 Å². The first-order chi connectivity index (χ1) is 8.65. The van der Waals surface area contributed by atoms with Crippen LogP contribution in [-0.4, -0.2) is 37.9 Å². The number of carboxylic acids is 1. The Morgan fingerprint density at radius 2 is 2.11 bits per heavy atom. The van der Waals surface area contributed by atoms with Gasteiger partial charge < -0.3 is 20.5 Å². The molecule has 0 bridgehead atoms. The molecule has 1 aromatic rings. The van der Waals surface area contributed by atoms with Gasteiger partial charge in [0.05, 0.1) is 17.8 Å². The van der Waals surface area contributed by atoms with E-state index in [-0.39, 0.29) is 6.42 Å². The lowest BCUT2D eigenvalue weighted by Crippen LogP contribution is -2.28. The number of hydrogen-bond donors (Lipinski definition) is 2. The number of nitrogens with two attached hydrogens (primary N) is 1. The van der Waals surface area contributed by atoms with Crippen molar-refractivity contribution in [3.8, 4) is 0 Å². The molecule has 0 atom stereocenters. The number of ether oxygens (including phenoxy) is 1. The van der Waals surface area contributed by atoms with Gasteiger partial charge in [0.15, 0.2) is 0 Å². The molecule has 0 aliphatic carbocycles. The van der Waals surface area contributed by atoms with Crippen molar-refractivity contribution in [2.45, 2.75) is 12.8 Å². The first kappa shape index (κ1) is 14.3. The van der Waals surface area contributed by atoms with Crippen LogP contribution in [0.15, 0.2) is 24.3 Å². The van der Waals surface area contributed by atoms with Crippen molar-refractivity contribution < 1.29 is 14.6 Å². The number of nitrogens with zero attached hydrogens (tertiary/aromatic N) is 1. The van der Waals surface area contributed by atoms with Crippen molar-refractivity contribution >= 4 is 17.3 Å². The third kappa shape index (κ3) is 4.63. The maximum Gasteiger partial charge on any atom is 0.305 e. The third-order valence-electron chi connectivity index (χ3n) is 2.65. The summed E-state index contributed by atoms with van der Waals surface area (Å²) in [5, 5.41) is 8.77. The molecule has 0 aliphatic rings. The van der Waals surface area contributed by atoms with E-state index >= 15 is 0 Å². The average Bonchev–Trinajstić information content (AvgIpc) is 2.34. The van der Waals surface area contributed by atoms with Crippen LogP contribution in [0.3, 0.4) is 0 Å². The number of hydrogen-bond acceptors (Lipinski definition) is 4. The quantitative estimate of drug-likeness (QED) is 0.542. The monoisotopic (exact) mass is 252 g/mol. The highest BCUT2D eigenvalue weighted by Crippen LogP contribution is 2.22. The second-order valence-electron chi connectivity index (χ2n) is 4.04. The Bertz CT molecular complexity index is 382. The SMILES string of the molecule is COCCCN(CCC(=O)O)c1ccccc1N. The first-order valence-corrected chi connectivity index (χ1v) is 5.95. The van der Waals surface area contributed by atoms with Crippen molar-refractivity contribution in [3.05, 3.63) is 24.3 Å². The second kappa shape index (κ2) is 7.55. The van der Waals surface area contributed by atoms with Crippen molar-refractivity contribution in [2.24, 2.45) is 0 Å². The smallest absolute Gasteiger partial charge is 0.305 e. The topological polar surface area (TPSA) is 75.8 Å². The van der Waals surface area contributed by atoms with Crippen LogP contribution in [0.4, 0.5) is 11.4 Å². The van der Waals surface area contributed by atoms with Gasteiger partial charge in [-0.2, -0.15) is 0 Å². The highest BCUT2D eigenvalue weighted by Gasteiger charge is 2.10. The molecule has 1 rings (SSSR count). The van der Waals surface area contributed by atoms with Gasteiger partial charge in [0.25, 0.3) is 0 Å². The van der Waals surface area contributed by atoms with Crippen molar-refractivity contribution in [3.63, 3.8) is 0 Å². The normalized spacial score (nSPS) is 10.3. The van der Waals surface area contributed by atoms with E-state index in [9.17, 15) is 4.79 Å². The van der Waals surface area contributed by atoms with Gasteiger partial charge in [-0.05, 0) is 18.6 Å². The van der Waals surface area contributed by atoms with Crippen molar-refractivity contribution in [1.29, 1.82) is 0 Å². The molecule has 0 radical (unpaired) electrons. The zero-order valence-electron chi connectivity index (χ0n) is 10.6. The summed E-state index contributed by atoms with van der Waals surface area (Å²) in [5.74, 6) is -0.804. The zero-order chi connectivity index (χ0) is 13.4. The number of nitrogen functional groups attached to an aromatic ring is 1. The Hall–Kier alpha value is -1.75. The molecule has 0 fully saturated rings. The minimum atomic E-state index is -0.804. The lowest BCUT2D eigenvalue weighted by molar-refractivity contribution is -0.136. The Labute approximate surface area is 107 Å². The summed E-state index contributed by atoms with van der Waals surface area (Å²) in [7, 11) is 1.65. The van der Waals surface area contributed by atoms with Crippen LogP contribution < -0.4 is 10.6 Å². The fourth-order valence-electron chi connectivity index (χ4n) is 1.76. The minimum absolute atomic E-state index is 0.0985. The molecule has 0 saturated heterocycles. The largest absolute Gasteiger partial charge is 0.481 e. The van der Waals surface area contributed by atoms with Crippen molar-refractivity contribution in [1.82, 2.24) is 0 Å². The number of para-hydroxylation sites is 2. The van der Waals surface area contributed by atoms with Gasteiger partial charge in [0, 0.05) is 26.8 Å². The molecule has 1 aromatic carbocycles. The summed E-state index contributed by atoms with van der Waals surface area (Å²) in [4.78, 5) is 12.7. The number of carboxylic acid groups (broad SMARTS) is 1. The van der Waals surface area contributed by atoms with Crippen LogP contribution in [0.5, 0.6) is 0 Å². The average molecular weight is 252 g/mol. The van der Waals surface area contributed by atoms with Gasteiger partial charge in [0.1, 0.15) is 0 Å². The zero-order valence-corrected chi connectivity index (χ0v) is 10.6. The van der Waals surface area contributed by atoms with E-state index in [1.165, 1.54) is 0 Å². The maximum absolute atomic E-state index is 10.7. The maximum atomic E-state index is 10.7. The van der Waals surface area contributed by atoms with Gasteiger partial charge in [-0.25, -0.2) is 0 Å². The molecule has 0 amide bonds. The number of rotatable bonds is 8. The first-order valence-electron chi connectivity index (χ1n) is 5.95. The molecule has 3 N–H and O–H groups in total. The van der Waals surface area contributed by atoms with Crippen LogP contribution in [0.2, 0.25) is 0 Å². The molecular weight excluding hydrogens is 232 g/mol. The highest BCUT2D eigenvalue weighted by molar-refractivity contribution is 5.70. The fourth-order valence-corrected chi connectivity index (χ4v) is 1.76. The summed E-state index contributed by atoms with van der Waals surface area (Å²) < 4.78 is 5.01. The third-order valence-corrected chi connectivity index (χ3v) is 2.65. The van der Waals surface area contributed by atoms with Crippen LogP contribution >= 0.6 is 0 Å². The molecular formula is C13H20N2O3. The van der Waals surface area contributed by atoms with E-state index in [4.69, 9.17) is 15.6 Å². The van der Waals surface area contributed by atoms with E-state index in [0.717, 1.165) is 18.7 Å². The lowest BCUT2D eigenvalue weighted by atomic mass is 10.2.